The van der Waals surface area contributed by atoms with Crippen LogP contribution in [0.1, 0.15) is 18.2 Å². The first kappa shape index (κ1) is 15.4. The predicted octanol–water partition coefficient (Wildman–Crippen LogP) is 4.93. The second kappa shape index (κ2) is 7.72. The fourth-order valence-electron chi connectivity index (χ4n) is 1.72. The van der Waals surface area contributed by atoms with Gasteiger partial charge in [0.2, 0.25) is 0 Å². The van der Waals surface area contributed by atoms with Gasteiger partial charge in [-0.3, -0.25) is 0 Å². The maximum atomic E-state index is 6.16. The minimum Gasteiger partial charge on any atom is -0.369 e. The molecule has 0 saturated carbocycles. The fraction of sp³-hybridized carbons (Fsp3) is 0.357. The number of pyridine rings is 1. The first-order chi connectivity index (χ1) is 9.70. The second-order valence-corrected chi connectivity index (χ2v) is 6.18. The lowest BCUT2D eigenvalue weighted by Crippen LogP contribution is -2.09. The number of nitrogens with zero attached hydrogens (tertiary/aromatic N) is 1. The number of halogens is 2. The zero-order valence-corrected chi connectivity index (χ0v) is 13.6. The topological polar surface area (TPSA) is 37.0 Å². The molecule has 2 aromatic rings. The van der Waals surface area contributed by atoms with Gasteiger partial charge in [0.25, 0.3) is 0 Å². The zero-order chi connectivity index (χ0) is 14.4. The van der Waals surface area contributed by atoms with Crippen LogP contribution in [0, 0.1) is 0 Å². The van der Waals surface area contributed by atoms with Crippen molar-refractivity contribution in [1.82, 2.24) is 4.98 Å². The average Bonchev–Trinajstić information content (AvgIpc) is 2.93. The van der Waals surface area contributed by atoms with E-state index < -0.39 is 0 Å². The van der Waals surface area contributed by atoms with Crippen LogP contribution in [0.3, 0.4) is 0 Å². The molecule has 0 aromatic carbocycles. The third kappa shape index (κ3) is 4.27. The predicted molar refractivity (Wildman–Crippen MR) is 89.6 cm³/mol. The molecule has 0 amide bonds. The highest BCUT2D eigenvalue weighted by molar-refractivity contribution is 7.09. The van der Waals surface area contributed by atoms with Crippen LogP contribution in [0.15, 0.2) is 23.6 Å². The molecule has 0 aliphatic heterocycles. The number of nitrogens with one attached hydrogen (secondary N) is 2. The molecule has 2 rings (SSSR count). The molecule has 0 atom stereocenters. The van der Waals surface area contributed by atoms with E-state index in [-0.39, 0.29) is 0 Å². The van der Waals surface area contributed by atoms with E-state index in [0.29, 0.717) is 21.7 Å². The first-order valence-corrected chi connectivity index (χ1v) is 8.20. The van der Waals surface area contributed by atoms with Crippen molar-refractivity contribution in [2.75, 3.05) is 23.7 Å². The molecule has 108 valence electrons. The lowest BCUT2D eigenvalue weighted by Gasteiger charge is -2.11. The maximum Gasteiger partial charge on any atom is 0.147 e. The normalized spacial score (nSPS) is 10.6. The summed E-state index contributed by atoms with van der Waals surface area (Å²) in [6.07, 6.45) is 1.97. The summed E-state index contributed by atoms with van der Waals surface area (Å²) in [4.78, 5) is 5.79. The molecule has 0 fully saturated rings. The molecule has 6 heteroatoms. The number of hydrogen-bond donors (Lipinski definition) is 2. The Bertz CT molecular complexity index is 544. The van der Waals surface area contributed by atoms with E-state index in [1.165, 1.54) is 4.88 Å². The van der Waals surface area contributed by atoms with Crippen molar-refractivity contribution in [2.24, 2.45) is 0 Å². The third-order valence-corrected chi connectivity index (χ3v) is 4.23. The van der Waals surface area contributed by atoms with Gasteiger partial charge in [-0.25, -0.2) is 4.98 Å². The number of hydrogen-bond acceptors (Lipinski definition) is 4. The summed E-state index contributed by atoms with van der Waals surface area (Å²) in [6, 6.07) is 5.90. The Morgan fingerprint density at radius 2 is 1.85 bits per heavy atom. The summed E-state index contributed by atoms with van der Waals surface area (Å²) < 4.78 is 0. The van der Waals surface area contributed by atoms with Crippen molar-refractivity contribution in [2.45, 2.75) is 19.8 Å². The molecule has 20 heavy (non-hydrogen) atoms. The number of aromatic nitrogens is 1. The maximum absolute atomic E-state index is 6.16. The number of thiophene rings is 1. The quantitative estimate of drug-likeness (QED) is 0.756. The molecule has 0 bridgehead atoms. The van der Waals surface area contributed by atoms with Gasteiger partial charge in [-0.15, -0.1) is 11.3 Å². The van der Waals surface area contributed by atoms with E-state index >= 15 is 0 Å². The van der Waals surface area contributed by atoms with Gasteiger partial charge >= 0.3 is 0 Å². The summed E-state index contributed by atoms with van der Waals surface area (Å²) >= 11 is 14.0. The van der Waals surface area contributed by atoms with Gasteiger partial charge in [-0.2, -0.15) is 0 Å². The first-order valence-electron chi connectivity index (χ1n) is 6.57. The highest BCUT2D eigenvalue weighted by Crippen LogP contribution is 2.29. The van der Waals surface area contributed by atoms with E-state index in [9.17, 15) is 0 Å². The van der Waals surface area contributed by atoms with Crippen molar-refractivity contribution in [3.63, 3.8) is 0 Å². The molecular formula is C14H17Cl2N3S. The summed E-state index contributed by atoms with van der Waals surface area (Å²) in [6.45, 7) is 3.72. The highest BCUT2D eigenvalue weighted by atomic mass is 35.5. The molecule has 2 heterocycles. The monoisotopic (exact) mass is 329 g/mol. The Kier molecular flexibility index (Phi) is 5.95. The molecule has 0 unspecified atom stereocenters. The van der Waals surface area contributed by atoms with Gasteiger partial charge in [-0.05, 0) is 30.4 Å². The Balaban J connectivity index is 1.99. The van der Waals surface area contributed by atoms with Crippen molar-refractivity contribution < 1.29 is 0 Å². The van der Waals surface area contributed by atoms with Crippen LogP contribution in [0.5, 0.6) is 0 Å². The molecule has 2 N–H and O–H groups in total. The fourth-order valence-corrected chi connectivity index (χ4v) is 2.92. The summed E-state index contributed by atoms with van der Waals surface area (Å²) in [5, 5.41) is 9.63. The molecule has 0 radical (unpaired) electrons. The van der Waals surface area contributed by atoms with Gasteiger partial charge in [-0.1, -0.05) is 36.2 Å². The van der Waals surface area contributed by atoms with Crippen LogP contribution in [0.2, 0.25) is 10.0 Å². The molecule has 0 aliphatic rings. The summed E-state index contributed by atoms with van der Waals surface area (Å²) in [7, 11) is 0. The Morgan fingerprint density at radius 3 is 2.45 bits per heavy atom. The average molecular weight is 330 g/mol. The third-order valence-electron chi connectivity index (χ3n) is 2.72. The summed E-state index contributed by atoms with van der Waals surface area (Å²) in [5.41, 5.74) is 0. The Labute approximate surface area is 133 Å². The molecule has 0 spiro atoms. The van der Waals surface area contributed by atoms with Gasteiger partial charge in [0.15, 0.2) is 0 Å². The lowest BCUT2D eigenvalue weighted by molar-refractivity contribution is 0.966. The molecule has 0 aliphatic carbocycles. The SMILES string of the molecule is CCCNc1nc(NCCc2cccs2)c(Cl)cc1Cl. The lowest BCUT2D eigenvalue weighted by atomic mass is 10.3. The molecule has 0 saturated heterocycles. The standard InChI is InChI=1S/C14H17Cl2N3S/c1-2-6-17-13-11(15)9-12(16)14(19-13)18-7-5-10-4-3-8-20-10/h3-4,8-9H,2,5-7H2,1H3,(H2,17,18,19). The van der Waals surface area contributed by atoms with Crippen LogP contribution in [-0.4, -0.2) is 18.1 Å². The minimum atomic E-state index is 0.545. The summed E-state index contributed by atoms with van der Waals surface area (Å²) in [5.74, 6) is 1.35. The smallest absolute Gasteiger partial charge is 0.147 e. The van der Waals surface area contributed by atoms with Crippen LogP contribution in [0.25, 0.3) is 0 Å². The van der Waals surface area contributed by atoms with Crippen molar-refractivity contribution in [1.29, 1.82) is 0 Å². The van der Waals surface area contributed by atoms with E-state index in [1.54, 1.807) is 17.4 Å². The second-order valence-electron chi connectivity index (χ2n) is 4.33. The largest absolute Gasteiger partial charge is 0.369 e. The van der Waals surface area contributed by atoms with E-state index in [0.717, 1.165) is 25.9 Å². The number of rotatable bonds is 7. The van der Waals surface area contributed by atoms with E-state index in [2.05, 4.69) is 40.1 Å². The van der Waals surface area contributed by atoms with E-state index in [4.69, 9.17) is 23.2 Å². The molecular weight excluding hydrogens is 313 g/mol. The Hall–Kier alpha value is -0.970. The van der Waals surface area contributed by atoms with E-state index in [1.807, 2.05) is 0 Å². The Morgan fingerprint density at radius 1 is 1.15 bits per heavy atom. The van der Waals surface area contributed by atoms with Crippen molar-refractivity contribution >= 4 is 46.2 Å². The van der Waals surface area contributed by atoms with Gasteiger partial charge < -0.3 is 10.6 Å². The van der Waals surface area contributed by atoms with Crippen LogP contribution >= 0.6 is 34.5 Å². The van der Waals surface area contributed by atoms with Gasteiger partial charge in [0, 0.05) is 18.0 Å². The van der Waals surface area contributed by atoms with Crippen LogP contribution in [0.4, 0.5) is 11.6 Å². The van der Waals surface area contributed by atoms with Crippen LogP contribution < -0.4 is 10.6 Å². The minimum absolute atomic E-state index is 0.545. The van der Waals surface area contributed by atoms with Crippen molar-refractivity contribution in [3.05, 3.63) is 38.5 Å². The number of anilines is 2. The van der Waals surface area contributed by atoms with Crippen LogP contribution in [-0.2, 0) is 6.42 Å². The van der Waals surface area contributed by atoms with Gasteiger partial charge in [0.1, 0.15) is 11.6 Å². The molecule has 2 aromatic heterocycles. The highest BCUT2D eigenvalue weighted by Gasteiger charge is 2.08. The van der Waals surface area contributed by atoms with Crippen molar-refractivity contribution in [3.8, 4) is 0 Å². The molecule has 3 nitrogen and oxygen atoms in total. The van der Waals surface area contributed by atoms with Gasteiger partial charge in [0.05, 0.1) is 10.0 Å². The zero-order valence-electron chi connectivity index (χ0n) is 11.2.